The van der Waals surface area contributed by atoms with Crippen molar-refractivity contribution in [2.24, 2.45) is 18.4 Å². The second-order valence-electron chi connectivity index (χ2n) is 7.69. The van der Waals surface area contributed by atoms with E-state index in [2.05, 4.69) is 27.4 Å². The first-order valence-corrected chi connectivity index (χ1v) is 8.34. The van der Waals surface area contributed by atoms with E-state index in [1.807, 2.05) is 11.1 Å². The Kier molecular flexibility index (Phi) is 5.21. The Balaban J connectivity index is 2.12. The molecule has 0 aliphatic heterocycles. The molecule has 0 spiro atoms. The highest BCUT2D eigenvalue weighted by Crippen LogP contribution is 2.44. The zero-order valence-corrected chi connectivity index (χ0v) is 15.3. The topological polar surface area (TPSA) is 51.5 Å². The molecule has 0 unspecified atom stereocenters. The van der Waals surface area contributed by atoms with Gasteiger partial charge in [-0.25, -0.2) is 4.79 Å². The number of hydrogen-bond acceptors (Lipinski definition) is 3. The highest BCUT2D eigenvalue weighted by molar-refractivity contribution is 5.88. The summed E-state index contributed by atoms with van der Waals surface area (Å²) in [6.45, 7) is 10.8. The Hall–Kier alpha value is -2.04. The fourth-order valence-electron chi connectivity index (χ4n) is 3.28. The molecule has 0 atom stereocenters. The minimum Gasteiger partial charge on any atom is -0.464 e. The Bertz CT molecular complexity index is 634. The number of carbonyl (C=O) groups excluding carboxylic acids is 2. The molecule has 0 radical (unpaired) electrons. The number of hydrogen-bond donors (Lipinski definition) is 0. The van der Waals surface area contributed by atoms with Gasteiger partial charge in [0.05, 0.1) is 7.11 Å². The van der Waals surface area contributed by atoms with Gasteiger partial charge >= 0.3 is 5.97 Å². The first-order valence-electron chi connectivity index (χ1n) is 8.34. The van der Waals surface area contributed by atoms with Crippen LogP contribution >= 0.6 is 0 Å². The molecule has 1 aromatic rings. The van der Waals surface area contributed by atoms with Crippen LogP contribution in [0.25, 0.3) is 0 Å². The van der Waals surface area contributed by atoms with Crippen molar-refractivity contribution in [2.45, 2.75) is 46.2 Å². The van der Waals surface area contributed by atoms with Crippen molar-refractivity contribution in [1.82, 2.24) is 9.47 Å². The minimum absolute atomic E-state index is 0.0594. The number of methoxy groups -OCH3 is 1. The number of aromatic nitrogens is 1. The lowest BCUT2D eigenvalue weighted by Gasteiger charge is -2.48. The van der Waals surface area contributed by atoms with Gasteiger partial charge in [0.25, 0.3) is 0 Å². The molecular formula is C19H28N2O3. The van der Waals surface area contributed by atoms with Crippen LogP contribution in [0.15, 0.2) is 24.9 Å². The summed E-state index contributed by atoms with van der Waals surface area (Å²) >= 11 is 0. The summed E-state index contributed by atoms with van der Waals surface area (Å²) in [5.74, 6) is 0.196. The maximum atomic E-state index is 12.3. The molecule has 1 aliphatic carbocycles. The van der Waals surface area contributed by atoms with E-state index >= 15 is 0 Å². The van der Waals surface area contributed by atoms with E-state index in [4.69, 9.17) is 4.74 Å². The average Bonchev–Trinajstić information content (AvgIpc) is 2.82. The molecule has 1 saturated carbocycles. The third kappa shape index (κ3) is 3.71. The molecule has 5 heteroatoms. The zero-order valence-electron chi connectivity index (χ0n) is 15.3. The first-order chi connectivity index (χ1) is 11.2. The van der Waals surface area contributed by atoms with Gasteiger partial charge in [-0.05, 0) is 41.9 Å². The molecule has 2 rings (SSSR count). The quantitative estimate of drug-likeness (QED) is 0.615. The maximum absolute atomic E-state index is 12.3. The van der Waals surface area contributed by atoms with Crippen LogP contribution in [0.3, 0.4) is 0 Å². The fourth-order valence-corrected chi connectivity index (χ4v) is 3.28. The largest absolute Gasteiger partial charge is 0.464 e. The van der Waals surface area contributed by atoms with Gasteiger partial charge in [-0.15, -0.1) is 0 Å². The lowest BCUT2D eigenvalue weighted by Crippen LogP contribution is -2.49. The van der Waals surface area contributed by atoms with Gasteiger partial charge in [0.2, 0.25) is 5.91 Å². The van der Waals surface area contributed by atoms with E-state index < -0.39 is 0 Å². The normalized spacial score (nSPS) is 20.2. The molecule has 1 aliphatic rings. The van der Waals surface area contributed by atoms with Gasteiger partial charge in [0.1, 0.15) is 5.69 Å². The second kappa shape index (κ2) is 6.83. The van der Waals surface area contributed by atoms with E-state index in [1.165, 1.54) is 13.2 Å². The van der Waals surface area contributed by atoms with Gasteiger partial charge in [-0.1, -0.05) is 27.4 Å². The van der Waals surface area contributed by atoms with Crippen molar-refractivity contribution in [1.29, 1.82) is 0 Å². The van der Waals surface area contributed by atoms with Crippen molar-refractivity contribution in [3.63, 3.8) is 0 Å². The van der Waals surface area contributed by atoms with Gasteiger partial charge in [-0.3, -0.25) is 4.79 Å². The SMILES string of the molecule is C=CC(=O)N(Cc1cc(C(=O)OC)n(C)c1)C1CC(C(C)(C)C)C1. The van der Waals surface area contributed by atoms with E-state index in [0.717, 1.165) is 18.4 Å². The van der Waals surface area contributed by atoms with Gasteiger partial charge in [-0.2, -0.15) is 0 Å². The van der Waals surface area contributed by atoms with Crippen molar-refractivity contribution < 1.29 is 14.3 Å². The average molecular weight is 332 g/mol. The molecule has 132 valence electrons. The molecular weight excluding hydrogens is 304 g/mol. The number of nitrogens with zero attached hydrogens (tertiary/aromatic N) is 2. The first kappa shape index (κ1) is 18.3. The van der Waals surface area contributed by atoms with E-state index in [9.17, 15) is 9.59 Å². The predicted molar refractivity (Wildman–Crippen MR) is 93.5 cm³/mol. The van der Waals surface area contributed by atoms with Gasteiger partial charge in [0, 0.05) is 25.8 Å². The van der Waals surface area contributed by atoms with Crippen LogP contribution in [-0.2, 0) is 23.1 Å². The van der Waals surface area contributed by atoms with Crippen LogP contribution in [0, 0.1) is 11.3 Å². The number of carbonyl (C=O) groups is 2. The molecule has 1 heterocycles. The summed E-state index contributed by atoms with van der Waals surface area (Å²) in [5, 5.41) is 0. The summed E-state index contributed by atoms with van der Waals surface area (Å²) in [6, 6.07) is 2.02. The van der Waals surface area contributed by atoms with Crippen molar-refractivity contribution in [2.75, 3.05) is 7.11 Å². The summed E-state index contributed by atoms with van der Waals surface area (Å²) < 4.78 is 6.51. The van der Waals surface area contributed by atoms with Crippen molar-refractivity contribution in [3.8, 4) is 0 Å². The number of aryl methyl sites for hydroxylation is 1. The van der Waals surface area contributed by atoms with Crippen LogP contribution in [0.5, 0.6) is 0 Å². The second-order valence-corrected chi connectivity index (χ2v) is 7.69. The molecule has 0 bridgehead atoms. The third-order valence-electron chi connectivity index (χ3n) is 5.05. The smallest absolute Gasteiger partial charge is 0.354 e. The van der Waals surface area contributed by atoms with Crippen LogP contribution in [-0.4, -0.2) is 34.5 Å². The molecule has 1 fully saturated rings. The van der Waals surface area contributed by atoms with Crippen LogP contribution in [0.4, 0.5) is 0 Å². The molecule has 0 N–H and O–H groups in total. The van der Waals surface area contributed by atoms with E-state index in [0.29, 0.717) is 18.2 Å². The minimum atomic E-state index is -0.373. The van der Waals surface area contributed by atoms with Crippen LogP contribution in [0.2, 0.25) is 0 Å². The number of rotatable bonds is 5. The number of esters is 1. The van der Waals surface area contributed by atoms with Crippen LogP contribution < -0.4 is 0 Å². The Morgan fingerprint density at radius 2 is 2.04 bits per heavy atom. The fraction of sp³-hybridized carbons (Fsp3) is 0.579. The van der Waals surface area contributed by atoms with Crippen molar-refractivity contribution in [3.05, 3.63) is 36.2 Å². The highest BCUT2D eigenvalue weighted by Gasteiger charge is 2.41. The lowest BCUT2D eigenvalue weighted by molar-refractivity contribution is -0.133. The molecule has 24 heavy (non-hydrogen) atoms. The summed E-state index contributed by atoms with van der Waals surface area (Å²) in [4.78, 5) is 25.9. The lowest BCUT2D eigenvalue weighted by atomic mass is 9.65. The van der Waals surface area contributed by atoms with E-state index in [1.54, 1.807) is 17.7 Å². The predicted octanol–water partition coefficient (Wildman–Crippen LogP) is 3.15. The Morgan fingerprint density at radius 1 is 1.42 bits per heavy atom. The Labute approximate surface area is 144 Å². The van der Waals surface area contributed by atoms with Crippen LogP contribution in [0.1, 0.15) is 49.7 Å². The van der Waals surface area contributed by atoms with Gasteiger partial charge in [0.15, 0.2) is 0 Å². The highest BCUT2D eigenvalue weighted by atomic mass is 16.5. The monoisotopic (exact) mass is 332 g/mol. The summed E-state index contributed by atoms with van der Waals surface area (Å²) in [7, 11) is 3.16. The standard InChI is InChI=1S/C19H28N2O3/c1-7-17(22)21(15-9-14(10-15)19(2,3)4)12-13-8-16(18(23)24-6)20(5)11-13/h7-8,11,14-15H,1,9-10,12H2,2-6H3. The molecule has 1 amide bonds. The molecule has 5 nitrogen and oxygen atoms in total. The van der Waals surface area contributed by atoms with Gasteiger partial charge < -0.3 is 14.2 Å². The summed E-state index contributed by atoms with van der Waals surface area (Å²) in [5.41, 5.74) is 1.68. The number of amides is 1. The third-order valence-corrected chi connectivity index (χ3v) is 5.05. The Morgan fingerprint density at radius 3 is 2.54 bits per heavy atom. The zero-order chi connectivity index (χ0) is 18.1. The number of ether oxygens (including phenoxy) is 1. The maximum Gasteiger partial charge on any atom is 0.354 e. The van der Waals surface area contributed by atoms with E-state index in [-0.39, 0.29) is 23.3 Å². The molecule has 0 saturated heterocycles. The van der Waals surface area contributed by atoms with Crippen molar-refractivity contribution >= 4 is 11.9 Å². The molecule has 1 aromatic heterocycles. The molecule has 0 aromatic carbocycles. The summed E-state index contributed by atoms with van der Waals surface area (Å²) in [6.07, 6.45) is 5.27.